The van der Waals surface area contributed by atoms with E-state index in [4.69, 9.17) is 37.0 Å². The molecule has 0 aromatic carbocycles. The molecule has 2 unspecified atom stereocenters. The van der Waals surface area contributed by atoms with E-state index < -0.39 is 97.5 Å². The van der Waals surface area contributed by atoms with Crippen molar-refractivity contribution in [3.63, 3.8) is 0 Å². The third-order valence-corrected chi connectivity index (χ3v) is 19.9. The molecule has 0 aliphatic heterocycles. The van der Waals surface area contributed by atoms with Gasteiger partial charge in [0.25, 0.3) is 0 Å². The predicted molar refractivity (Wildman–Crippen MR) is 391 cm³/mol. The minimum atomic E-state index is -4.96. The molecule has 0 bridgehead atoms. The summed E-state index contributed by atoms with van der Waals surface area (Å²) in [7, 11) is -9.90. The molecule has 17 nitrogen and oxygen atoms in total. The minimum absolute atomic E-state index is 0.106. The Morgan fingerprint density at radius 1 is 0.281 bits per heavy atom. The Bertz CT molecular complexity index is 1840. The maximum atomic E-state index is 13.1. The van der Waals surface area contributed by atoms with Gasteiger partial charge >= 0.3 is 39.5 Å². The SMILES string of the molecule is CCCCCCCCCCCCCCCCCCCCCCCCC(=O)O[C@H](COC(=O)CCCCCCCCCCCCCCCCCC(C)C)COP(=O)(O)OC[C@@H](O)COP(=O)(O)OC[C@@H](COC(=O)CCCCCCCCC)OC(=O)CCCCCCCCCCC. The number of hydrogen-bond acceptors (Lipinski definition) is 15. The van der Waals surface area contributed by atoms with Gasteiger partial charge in [0.15, 0.2) is 12.2 Å². The van der Waals surface area contributed by atoms with Crippen molar-refractivity contribution in [1.29, 1.82) is 0 Å². The van der Waals surface area contributed by atoms with Crippen LogP contribution < -0.4 is 0 Å². The zero-order valence-corrected chi connectivity index (χ0v) is 64.3. The van der Waals surface area contributed by atoms with E-state index in [0.29, 0.717) is 25.7 Å². The van der Waals surface area contributed by atoms with Crippen LogP contribution in [0.15, 0.2) is 0 Å². The van der Waals surface area contributed by atoms with E-state index in [-0.39, 0.29) is 25.7 Å². The van der Waals surface area contributed by atoms with E-state index in [1.54, 1.807) is 0 Å². The molecule has 19 heteroatoms. The lowest BCUT2D eigenvalue weighted by molar-refractivity contribution is -0.161. The van der Waals surface area contributed by atoms with Gasteiger partial charge < -0.3 is 33.8 Å². The number of unbranched alkanes of at least 4 members (excludes halogenated alkanes) is 49. The molecule has 0 saturated carbocycles. The van der Waals surface area contributed by atoms with Gasteiger partial charge in [-0.05, 0) is 31.6 Å². The molecule has 96 heavy (non-hydrogen) atoms. The summed E-state index contributed by atoms with van der Waals surface area (Å²) in [4.78, 5) is 72.6. The van der Waals surface area contributed by atoms with E-state index in [2.05, 4.69) is 34.6 Å². The van der Waals surface area contributed by atoms with Crippen LogP contribution in [0.2, 0.25) is 0 Å². The van der Waals surface area contributed by atoms with Crippen molar-refractivity contribution in [2.75, 3.05) is 39.6 Å². The fraction of sp³-hybridized carbons (Fsp3) is 0.948. The highest BCUT2D eigenvalue weighted by atomic mass is 31.2. The highest BCUT2D eigenvalue weighted by molar-refractivity contribution is 7.47. The van der Waals surface area contributed by atoms with Crippen molar-refractivity contribution < 1.29 is 80.2 Å². The summed E-state index contributed by atoms with van der Waals surface area (Å²) in [6.45, 7) is 7.26. The van der Waals surface area contributed by atoms with E-state index in [1.165, 1.54) is 218 Å². The standard InChI is InChI=1S/C77H150O17P2/c1-6-9-12-15-18-20-21-22-23-24-25-26-27-28-29-32-36-39-43-48-53-58-63-77(82)94-73(67-88-75(80)61-56-51-46-42-38-35-33-30-31-34-37-41-45-49-54-59-70(4)5)69-92-96(85,86)90-65-71(78)64-89-95(83,84)91-68-72(66-87-74(79)60-55-50-44-17-14-11-8-3)93-76(81)62-57-52-47-40-19-16-13-10-7-2/h70-73,78H,6-69H2,1-5H3,(H,83,84)(H,85,86)/t71-,72+,73+/m0/s1. The second-order valence-electron chi connectivity index (χ2n) is 28.2. The van der Waals surface area contributed by atoms with Gasteiger partial charge in [0.05, 0.1) is 26.4 Å². The van der Waals surface area contributed by atoms with Crippen LogP contribution in [0.3, 0.4) is 0 Å². The first-order valence-corrected chi connectivity index (χ1v) is 43.1. The summed E-state index contributed by atoms with van der Waals surface area (Å²) in [5.74, 6) is -1.31. The Hall–Kier alpha value is -1.94. The first kappa shape index (κ1) is 94.1. The van der Waals surface area contributed by atoms with Crippen molar-refractivity contribution in [2.45, 2.75) is 425 Å². The van der Waals surface area contributed by atoms with Gasteiger partial charge in [-0.3, -0.25) is 37.3 Å². The number of rotatable bonds is 77. The molecular weight excluding hydrogens is 1260 g/mol. The van der Waals surface area contributed by atoms with Gasteiger partial charge in [-0.15, -0.1) is 0 Å². The summed E-state index contributed by atoms with van der Waals surface area (Å²) >= 11 is 0. The van der Waals surface area contributed by atoms with Crippen molar-refractivity contribution in [1.82, 2.24) is 0 Å². The number of hydrogen-bond donors (Lipinski definition) is 3. The molecule has 0 aliphatic rings. The van der Waals surface area contributed by atoms with Crippen molar-refractivity contribution in [3.05, 3.63) is 0 Å². The second-order valence-corrected chi connectivity index (χ2v) is 31.1. The molecule has 5 atom stereocenters. The molecule has 0 spiro atoms. The summed E-state index contributed by atoms with van der Waals surface area (Å²) in [6, 6.07) is 0. The van der Waals surface area contributed by atoms with Gasteiger partial charge in [0.2, 0.25) is 0 Å². The van der Waals surface area contributed by atoms with Crippen LogP contribution in [0.5, 0.6) is 0 Å². The first-order chi connectivity index (χ1) is 46.5. The maximum Gasteiger partial charge on any atom is 0.472 e. The van der Waals surface area contributed by atoms with E-state index in [0.717, 1.165) is 109 Å². The Kier molecular flexibility index (Phi) is 68.7. The molecule has 3 N–H and O–H groups in total. The molecule has 0 rings (SSSR count). The van der Waals surface area contributed by atoms with Crippen LogP contribution in [0.25, 0.3) is 0 Å². The molecule has 0 aromatic rings. The lowest BCUT2D eigenvalue weighted by Gasteiger charge is -2.21. The van der Waals surface area contributed by atoms with Gasteiger partial charge in [-0.1, -0.05) is 356 Å². The average Bonchev–Trinajstić information content (AvgIpc) is 1.52. The average molecular weight is 1410 g/mol. The molecule has 0 amide bonds. The van der Waals surface area contributed by atoms with Crippen LogP contribution in [0, 0.1) is 5.92 Å². The quantitative estimate of drug-likeness (QED) is 0.0222. The summed E-state index contributed by atoms with van der Waals surface area (Å²) in [5.41, 5.74) is 0. The number of carbonyl (C=O) groups excluding carboxylic acids is 4. The molecule has 570 valence electrons. The number of ether oxygens (including phenoxy) is 4. The topological polar surface area (TPSA) is 237 Å². The Labute approximate surface area is 588 Å². The van der Waals surface area contributed by atoms with Gasteiger partial charge in [-0.25, -0.2) is 9.13 Å². The van der Waals surface area contributed by atoms with Crippen LogP contribution in [0.1, 0.15) is 407 Å². The largest absolute Gasteiger partial charge is 0.472 e. The number of aliphatic hydroxyl groups excluding tert-OH is 1. The van der Waals surface area contributed by atoms with Gasteiger partial charge in [-0.2, -0.15) is 0 Å². The molecular formula is C77H150O17P2. The van der Waals surface area contributed by atoms with E-state index >= 15 is 0 Å². The first-order valence-electron chi connectivity index (χ1n) is 40.1. The number of carbonyl (C=O) groups is 4. The van der Waals surface area contributed by atoms with Crippen molar-refractivity contribution in [2.24, 2.45) is 5.92 Å². The number of phosphoric ester groups is 2. The maximum absolute atomic E-state index is 13.1. The van der Waals surface area contributed by atoms with Gasteiger partial charge in [0, 0.05) is 25.7 Å². The molecule has 0 saturated heterocycles. The van der Waals surface area contributed by atoms with Crippen LogP contribution in [0.4, 0.5) is 0 Å². The Balaban J connectivity index is 5.12. The molecule has 0 heterocycles. The zero-order chi connectivity index (χ0) is 70.5. The lowest BCUT2D eigenvalue weighted by atomic mass is 10.0. The normalized spacial score (nSPS) is 13.9. The molecule has 0 radical (unpaired) electrons. The predicted octanol–water partition coefficient (Wildman–Crippen LogP) is 22.9. The fourth-order valence-electron chi connectivity index (χ4n) is 11.9. The molecule has 0 aromatic heterocycles. The smallest absolute Gasteiger partial charge is 0.462 e. The summed E-state index contributed by atoms with van der Waals surface area (Å²) < 4.78 is 68.3. The van der Waals surface area contributed by atoms with Crippen LogP contribution in [-0.4, -0.2) is 96.7 Å². The highest BCUT2D eigenvalue weighted by Crippen LogP contribution is 2.45. The number of esters is 4. The third kappa shape index (κ3) is 70.5. The Morgan fingerprint density at radius 3 is 0.708 bits per heavy atom. The monoisotopic (exact) mass is 1410 g/mol. The van der Waals surface area contributed by atoms with Gasteiger partial charge in [0.1, 0.15) is 19.3 Å². The zero-order valence-electron chi connectivity index (χ0n) is 62.5. The minimum Gasteiger partial charge on any atom is -0.462 e. The number of aliphatic hydroxyl groups is 1. The number of phosphoric acid groups is 2. The second kappa shape index (κ2) is 70.1. The summed E-state index contributed by atoms with van der Waals surface area (Å²) in [5, 5.41) is 10.6. The van der Waals surface area contributed by atoms with Crippen molar-refractivity contribution >= 4 is 39.5 Å². The van der Waals surface area contributed by atoms with Crippen molar-refractivity contribution in [3.8, 4) is 0 Å². The van der Waals surface area contributed by atoms with E-state index in [1.807, 2.05) is 0 Å². The van der Waals surface area contributed by atoms with E-state index in [9.17, 15) is 43.2 Å². The summed E-state index contributed by atoms with van der Waals surface area (Å²) in [6.07, 6.45) is 60.1. The molecule has 0 fully saturated rings. The highest BCUT2D eigenvalue weighted by Gasteiger charge is 2.30. The Morgan fingerprint density at radius 2 is 0.479 bits per heavy atom. The third-order valence-electron chi connectivity index (χ3n) is 18.0. The lowest BCUT2D eigenvalue weighted by Crippen LogP contribution is -2.30. The molecule has 0 aliphatic carbocycles. The fourth-order valence-corrected chi connectivity index (χ4v) is 13.5. The van der Waals surface area contributed by atoms with Crippen LogP contribution >= 0.6 is 15.6 Å². The van der Waals surface area contributed by atoms with Crippen LogP contribution in [-0.2, 0) is 65.4 Å².